The summed E-state index contributed by atoms with van der Waals surface area (Å²) in [5.41, 5.74) is 0.886. The average molecular weight is 484 g/mol. The van der Waals surface area contributed by atoms with Crippen molar-refractivity contribution in [2.75, 3.05) is 10.6 Å². The van der Waals surface area contributed by atoms with E-state index in [1.807, 2.05) is 0 Å². The van der Waals surface area contributed by atoms with Crippen LogP contribution in [0.4, 0.5) is 34.8 Å². The summed E-state index contributed by atoms with van der Waals surface area (Å²) in [4.78, 5) is 20.6. The number of anilines is 3. The summed E-state index contributed by atoms with van der Waals surface area (Å²) in [6, 6.07) is 9.88. The maximum Gasteiger partial charge on any atom is 0.416 e. The molecule has 0 saturated heterocycles. The molecule has 0 atom stereocenters. The van der Waals surface area contributed by atoms with Gasteiger partial charge < -0.3 is 10.6 Å². The van der Waals surface area contributed by atoms with Gasteiger partial charge in [-0.25, -0.2) is 14.4 Å². The summed E-state index contributed by atoms with van der Waals surface area (Å²) in [6.45, 7) is 1.78. The van der Waals surface area contributed by atoms with Crippen LogP contribution in [0.3, 0.4) is 0 Å². The first-order valence-corrected chi connectivity index (χ1v) is 10.5. The van der Waals surface area contributed by atoms with Crippen LogP contribution < -0.4 is 10.6 Å². The number of nitrogens with zero attached hydrogens (tertiary/aromatic N) is 3. The van der Waals surface area contributed by atoms with Crippen molar-refractivity contribution in [3.63, 3.8) is 0 Å². The lowest BCUT2D eigenvalue weighted by molar-refractivity contribution is -0.137. The molecule has 0 spiro atoms. The Labute approximate surface area is 197 Å². The number of hydrogen-bond donors (Lipinski definition) is 3. The molecule has 0 unspecified atom stereocenters. The molecule has 0 fully saturated rings. The fourth-order valence-corrected chi connectivity index (χ4v) is 3.31. The average Bonchev–Trinajstić information content (AvgIpc) is 3.27. The summed E-state index contributed by atoms with van der Waals surface area (Å²) in [5.74, 6) is 0.0793. The number of aryl methyl sites for hydroxylation is 3. The lowest BCUT2D eigenvalue weighted by atomic mass is 10.1. The number of aromatic nitrogens is 4. The molecule has 3 N–H and O–H groups in total. The largest absolute Gasteiger partial charge is 0.416 e. The van der Waals surface area contributed by atoms with Gasteiger partial charge >= 0.3 is 6.18 Å². The number of alkyl halides is 3. The van der Waals surface area contributed by atoms with Gasteiger partial charge in [-0.05, 0) is 61.7 Å². The Balaban J connectivity index is 1.40. The van der Waals surface area contributed by atoms with Gasteiger partial charge in [0.2, 0.25) is 0 Å². The first-order chi connectivity index (χ1) is 16.7. The van der Waals surface area contributed by atoms with E-state index in [0.717, 1.165) is 18.2 Å². The molecule has 2 aromatic heterocycles. The second-order valence-corrected chi connectivity index (χ2v) is 7.76. The SMILES string of the molecule is Cc1ncc(Nc2cc(CCc3cc(NC(=O)c4cccc(C(F)(F)F)c4)ccc3F)n[nH]2)cn1. The molecule has 0 saturated carbocycles. The standard InChI is InChI=1S/C24H20F4N6O/c1-14-29-12-20(13-30-14)31-22-11-19(33-34-22)6-5-15-10-18(7-8-21(15)25)32-23(35)16-3-2-4-17(9-16)24(26,27)28/h2-4,7-13H,5-6H2,1H3,(H,32,35)(H2,31,33,34). The van der Waals surface area contributed by atoms with Crippen LogP contribution >= 0.6 is 0 Å². The van der Waals surface area contributed by atoms with Crippen LogP contribution in [0.15, 0.2) is 60.9 Å². The van der Waals surface area contributed by atoms with Crippen LogP contribution in [0.25, 0.3) is 0 Å². The van der Waals surface area contributed by atoms with Crippen LogP contribution in [0.2, 0.25) is 0 Å². The minimum absolute atomic E-state index is 0.152. The van der Waals surface area contributed by atoms with Gasteiger partial charge in [-0.1, -0.05) is 6.07 Å². The molecule has 180 valence electrons. The number of nitrogens with one attached hydrogen (secondary N) is 3. The molecular formula is C24H20F4N6O. The summed E-state index contributed by atoms with van der Waals surface area (Å²) in [7, 11) is 0. The van der Waals surface area contributed by atoms with Crippen LogP contribution in [-0.2, 0) is 19.0 Å². The van der Waals surface area contributed by atoms with E-state index in [9.17, 15) is 22.4 Å². The fraction of sp³-hybridized carbons (Fsp3) is 0.167. The smallest absolute Gasteiger partial charge is 0.338 e. The molecule has 0 aliphatic carbocycles. The molecule has 11 heteroatoms. The number of halogens is 4. The first-order valence-electron chi connectivity index (χ1n) is 10.5. The Bertz CT molecular complexity index is 1330. The van der Waals surface area contributed by atoms with E-state index < -0.39 is 23.5 Å². The van der Waals surface area contributed by atoms with Crippen molar-refractivity contribution in [2.45, 2.75) is 25.9 Å². The molecule has 35 heavy (non-hydrogen) atoms. The lowest BCUT2D eigenvalue weighted by Crippen LogP contribution is -2.14. The zero-order chi connectivity index (χ0) is 25.0. The second kappa shape index (κ2) is 9.92. The van der Waals surface area contributed by atoms with E-state index in [1.54, 1.807) is 25.4 Å². The Morgan fingerprint density at radius 1 is 1.00 bits per heavy atom. The van der Waals surface area contributed by atoms with Crippen molar-refractivity contribution in [3.05, 3.63) is 95.0 Å². The summed E-state index contributed by atoms with van der Waals surface area (Å²) < 4.78 is 53.1. The van der Waals surface area contributed by atoms with Gasteiger partial charge in [0.05, 0.1) is 29.3 Å². The number of benzene rings is 2. The van der Waals surface area contributed by atoms with E-state index in [0.29, 0.717) is 35.0 Å². The number of amides is 1. The van der Waals surface area contributed by atoms with Crippen molar-refractivity contribution in [1.82, 2.24) is 20.2 Å². The van der Waals surface area contributed by atoms with Gasteiger partial charge in [0.25, 0.3) is 5.91 Å². The molecule has 0 aliphatic rings. The van der Waals surface area contributed by atoms with E-state index in [2.05, 4.69) is 30.8 Å². The molecule has 4 rings (SSSR count). The van der Waals surface area contributed by atoms with E-state index in [-0.39, 0.29) is 17.7 Å². The summed E-state index contributed by atoms with van der Waals surface area (Å²) in [6.07, 6.45) is -0.592. The fourth-order valence-electron chi connectivity index (χ4n) is 3.31. The van der Waals surface area contributed by atoms with Gasteiger partial charge in [0, 0.05) is 17.3 Å². The third-order valence-electron chi connectivity index (χ3n) is 5.10. The Hall–Kier alpha value is -4.28. The minimum atomic E-state index is -4.56. The van der Waals surface area contributed by atoms with Crippen molar-refractivity contribution in [2.24, 2.45) is 0 Å². The maximum atomic E-state index is 14.4. The highest BCUT2D eigenvalue weighted by molar-refractivity contribution is 6.04. The van der Waals surface area contributed by atoms with Crippen molar-refractivity contribution >= 4 is 23.1 Å². The first kappa shape index (κ1) is 23.9. The third kappa shape index (κ3) is 6.19. The van der Waals surface area contributed by atoms with Crippen LogP contribution in [0, 0.1) is 12.7 Å². The number of hydrogen-bond acceptors (Lipinski definition) is 5. The predicted molar refractivity (Wildman–Crippen MR) is 122 cm³/mol. The molecular weight excluding hydrogens is 464 g/mol. The highest BCUT2D eigenvalue weighted by atomic mass is 19.4. The topological polar surface area (TPSA) is 95.6 Å². The van der Waals surface area contributed by atoms with Crippen LogP contribution in [-0.4, -0.2) is 26.1 Å². The lowest BCUT2D eigenvalue weighted by Gasteiger charge is -2.10. The molecule has 0 aliphatic heterocycles. The molecule has 0 radical (unpaired) electrons. The van der Waals surface area contributed by atoms with E-state index in [4.69, 9.17) is 0 Å². The van der Waals surface area contributed by atoms with E-state index in [1.165, 1.54) is 24.3 Å². The molecule has 1 amide bonds. The number of carbonyl (C=O) groups is 1. The Morgan fingerprint density at radius 2 is 1.77 bits per heavy atom. The van der Waals surface area contributed by atoms with Gasteiger partial charge in [-0.15, -0.1) is 0 Å². The summed E-state index contributed by atoms with van der Waals surface area (Å²) >= 11 is 0. The van der Waals surface area contributed by atoms with Crippen molar-refractivity contribution in [1.29, 1.82) is 0 Å². The molecule has 2 heterocycles. The Kier molecular flexibility index (Phi) is 6.76. The zero-order valence-electron chi connectivity index (χ0n) is 18.4. The maximum absolute atomic E-state index is 14.4. The zero-order valence-corrected chi connectivity index (χ0v) is 18.4. The van der Waals surface area contributed by atoms with Gasteiger partial charge in [0.15, 0.2) is 0 Å². The van der Waals surface area contributed by atoms with Crippen LogP contribution in [0.1, 0.15) is 33.0 Å². The van der Waals surface area contributed by atoms with Crippen LogP contribution in [0.5, 0.6) is 0 Å². The summed E-state index contributed by atoms with van der Waals surface area (Å²) in [5, 5.41) is 12.7. The quantitative estimate of drug-likeness (QED) is 0.303. The number of rotatable bonds is 7. The molecule has 0 bridgehead atoms. The number of aromatic amines is 1. The molecule has 4 aromatic rings. The third-order valence-corrected chi connectivity index (χ3v) is 5.10. The normalized spacial score (nSPS) is 11.3. The highest BCUT2D eigenvalue weighted by Crippen LogP contribution is 2.29. The minimum Gasteiger partial charge on any atom is -0.338 e. The van der Waals surface area contributed by atoms with Crippen molar-refractivity contribution in [3.8, 4) is 0 Å². The van der Waals surface area contributed by atoms with Gasteiger partial charge in [0.1, 0.15) is 17.5 Å². The molecule has 2 aromatic carbocycles. The Morgan fingerprint density at radius 3 is 2.51 bits per heavy atom. The van der Waals surface area contributed by atoms with Gasteiger partial charge in [-0.2, -0.15) is 18.3 Å². The van der Waals surface area contributed by atoms with Gasteiger partial charge in [-0.3, -0.25) is 9.89 Å². The van der Waals surface area contributed by atoms with Crippen molar-refractivity contribution < 1.29 is 22.4 Å². The number of carbonyl (C=O) groups excluding carboxylic acids is 1. The van der Waals surface area contributed by atoms with E-state index >= 15 is 0 Å². The second-order valence-electron chi connectivity index (χ2n) is 7.76. The highest BCUT2D eigenvalue weighted by Gasteiger charge is 2.30. The predicted octanol–water partition coefficient (Wildman–Crippen LogP) is 5.45. The number of H-pyrrole nitrogens is 1. The molecule has 7 nitrogen and oxygen atoms in total. The monoisotopic (exact) mass is 484 g/mol.